The second-order valence-corrected chi connectivity index (χ2v) is 9.65. The number of hydrogen-bond acceptors (Lipinski definition) is 2. The van der Waals surface area contributed by atoms with Crippen molar-refractivity contribution in [2.24, 2.45) is 5.92 Å². The molecule has 24 heavy (non-hydrogen) atoms. The Hall–Kier alpha value is -0.670. The lowest BCUT2D eigenvalue weighted by Crippen LogP contribution is -2.34. The summed E-state index contributed by atoms with van der Waals surface area (Å²) < 4.78 is 12.0. The van der Waals surface area contributed by atoms with Crippen LogP contribution in [0.1, 0.15) is 70.4 Å². The van der Waals surface area contributed by atoms with Crippen molar-refractivity contribution in [2.75, 3.05) is 5.75 Å². The summed E-state index contributed by atoms with van der Waals surface area (Å²) in [5.74, 6) is 1.58. The quantitative estimate of drug-likeness (QED) is 0.691. The molecular weight excluding hydrogens is 314 g/mol. The van der Waals surface area contributed by atoms with Crippen LogP contribution in [0.15, 0.2) is 24.3 Å². The maximum Gasteiger partial charge on any atom is 0.0291 e. The summed E-state index contributed by atoms with van der Waals surface area (Å²) in [5, 5.41) is 4.03. The Morgan fingerprint density at radius 3 is 2.29 bits per heavy atom. The summed E-state index contributed by atoms with van der Waals surface area (Å²) in [5.41, 5.74) is 2.84. The van der Waals surface area contributed by atoms with Crippen molar-refractivity contribution in [2.45, 2.75) is 83.6 Å². The minimum absolute atomic E-state index is 0.307. The molecule has 1 aliphatic carbocycles. The number of aryl methyl sites for hydroxylation is 1. The summed E-state index contributed by atoms with van der Waals surface area (Å²) in [6.07, 6.45) is 8.66. The van der Waals surface area contributed by atoms with Gasteiger partial charge >= 0.3 is 0 Å². The van der Waals surface area contributed by atoms with Crippen molar-refractivity contribution in [1.29, 1.82) is 0 Å². The lowest BCUT2D eigenvalue weighted by molar-refractivity contribution is 0.309. The zero-order valence-electron chi connectivity index (χ0n) is 15.7. The third-order valence-corrected chi connectivity index (χ3v) is 7.06. The van der Waals surface area contributed by atoms with E-state index in [-0.39, 0.29) is 0 Å². The van der Waals surface area contributed by atoms with E-state index < -0.39 is 10.8 Å². The lowest BCUT2D eigenvalue weighted by atomic mass is 9.87. The molecule has 136 valence electrons. The first-order valence-electron chi connectivity index (χ1n) is 9.76. The average Bonchev–Trinajstić information content (AvgIpc) is 2.60. The van der Waals surface area contributed by atoms with Gasteiger partial charge in [0.1, 0.15) is 0 Å². The predicted molar refractivity (Wildman–Crippen MR) is 106 cm³/mol. The van der Waals surface area contributed by atoms with Gasteiger partial charge in [0.25, 0.3) is 0 Å². The first-order valence-corrected chi connectivity index (χ1v) is 11.1. The molecular formula is C21H35NOS. The Labute approximate surface area is 151 Å². The first-order chi connectivity index (χ1) is 11.6. The van der Waals surface area contributed by atoms with Crippen LogP contribution in [0.5, 0.6) is 0 Å². The minimum Gasteiger partial charge on any atom is -0.310 e. The molecule has 0 bridgehead atoms. The monoisotopic (exact) mass is 349 g/mol. The van der Waals surface area contributed by atoms with Gasteiger partial charge in [-0.25, -0.2) is 0 Å². The van der Waals surface area contributed by atoms with Crippen molar-refractivity contribution in [3.63, 3.8) is 0 Å². The molecule has 0 spiro atoms. The molecule has 1 N–H and O–H groups in total. The Morgan fingerprint density at radius 2 is 1.71 bits per heavy atom. The molecule has 0 heterocycles. The fourth-order valence-electron chi connectivity index (χ4n) is 3.42. The zero-order valence-corrected chi connectivity index (χ0v) is 16.5. The van der Waals surface area contributed by atoms with Crippen LogP contribution < -0.4 is 5.32 Å². The molecule has 1 atom stereocenters. The van der Waals surface area contributed by atoms with Crippen LogP contribution in [0.25, 0.3) is 0 Å². The van der Waals surface area contributed by atoms with Crippen molar-refractivity contribution < 1.29 is 4.21 Å². The number of unbranched alkanes of at least 4 members (excludes halogenated alkanes) is 1. The van der Waals surface area contributed by atoms with Crippen LogP contribution in [0.4, 0.5) is 0 Å². The highest BCUT2D eigenvalue weighted by Crippen LogP contribution is 2.26. The molecule has 0 saturated heterocycles. The molecule has 1 unspecified atom stereocenters. The number of hydrogen-bond donors (Lipinski definition) is 1. The van der Waals surface area contributed by atoms with Crippen LogP contribution in [-0.2, 0) is 23.8 Å². The van der Waals surface area contributed by atoms with Gasteiger partial charge in [-0.3, -0.25) is 4.21 Å². The normalized spacial score (nSPS) is 22.7. The highest BCUT2D eigenvalue weighted by atomic mass is 32.2. The molecule has 1 aromatic carbocycles. The second kappa shape index (κ2) is 10.4. The summed E-state index contributed by atoms with van der Waals surface area (Å²) in [6, 6.07) is 9.74. The molecule has 0 aromatic heterocycles. The molecule has 0 amide bonds. The Balaban J connectivity index is 1.68. The zero-order chi connectivity index (χ0) is 17.4. The Kier molecular flexibility index (Phi) is 8.48. The van der Waals surface area contributed by atoms with Gasteiger partial charge in [0.15, 0.2) is 0 Å². The van der Waals surface area contributed by atoms with Crippen molar-refractivity contribution in [1.82, 2.24) is 5.32 Å². The minimum atomic E-state index is -0.639. The largest absolute Gasteiger partial charge is 0.310 e. The van der Waals surface area contributed by atoms with E-state index in [1.807, 2.05) is 0 Å². The molecule has 2 rings (SSSR count). The third-order valence-electron chi connectivity index (χ3n) is 5.21. The van der Waals surface area contributed by atoms with E-state index in [1.54, 1.807) is 0 Å². The van der Waals surface area contributed by atoms with E-state index in [1.165, 1.54) is 56.1 Å². The predicted octanol–water partition coefficient (Wildman–Crippen LogP) is 4.83. The smallest absolute Gasteiger partial charge is 0.0291 e. The standard InChI is InChI=1S/C21H35NOS/c1-4-5-6-18-7-9-19(10-8-18)15-22-21-13-11-20(12-14-21)16-24(23)17(2)3/h7-10,17,20-22H,4-6,11-16H2,1-3H3. The number of benzene rings is 1. The van der Waals surface area contributed by atoms with Gasteiger partial charge < -0.3 is 5.32 Å². The molecule has 0 aliphatic heterocycles. The topological polar surface area (TPSA) is 29.1 Å². The summed E-state index contributed by atoms with van der Waals surface area (Å²) >= 11 is 0. The average molecular weight is 350 g/mol. The van der Waals surface area contributed by atoms with Crippen LogP contribution in [-0.4, -0.2) is 21.3 Å². The van der Waals surface area contributed by atoms with Crippen molar-refractivity contribution >= 4 is 10.8 Å². The molecule has 2 nitrogen and oxygen atoms in total. The SMILES string of the molecule is CCCCc1ccc(CNC2CCC(CS(=O)C(C)C)CC2)cc1. The van der Waals surface area contributed by atoms with E-state index in [4.69, 9.17) is 0 Å². The van der Waals surface area contributed by atoms with Gasteiger partial charge in [-0.05, 0) is 55.6 Å². The van der Waals surface area contributed by atoms with Crippen molar-refractivity contribution in [3.8, 4) is 0 Å². The van der Waals surface area contributed by atoms with Gasteiger partial charge in [-0.1, -0.05) is 51.5 Å². The van der Waals surface area contributed by atoms with E-state index in [0.29, 0.717) is 17.2 Å². The second-order valence-electron chi connectivity index (χ2n) is 7.61. The van der Waals surface area contributed by atoms with E-state index in [9.17, 15) is 4.21 Å². The molecule has 3 heteroatoms. The van der Waals surface area contributed by atoms with Crippen LogP contribution in [0, 0.1) is 5.92 Å². The highest BCUT2D eigenvalue weighted by molar-refractivity contribution is 7.85. The van der Waals surface area contributed by atoms with Gasteiger partial charge in [-0.2, -0.15) is 0 Å². The molecule has 1 saturated carbocycles. The van der Waals surface area contributed by atoms with E-state index >= 15 is 0 Å². The molecule has 1 aliphatic rings. The van der Waals surface area contributed by atoms with E-state index in [0.717, 1.165) is 12.3 Å². The molecule has 1 aromatic rings. The third kappa shape index (κ3) is 6.68. The molecule has 1 fully saturated rings. The van der Waals surface area contributed by atoms with Gasteiger partial charge in [0.05, 0.1) is 0 Å². The maximum atomic E-state index is 12.0. The fraction of sp³-hybridized carbons (Fsp3) is 0.714. The first kappa shape index (κ1) is 19.7. The van der Waals surface area contributed by atoms with Crippen LogP contribution in [0.3, 0.4) is 0 Å². The lowest BCUT2D eigenvalue weighted by Gasteiger charge is -2.29. The van der Waals surface area contributed by atoms with E-state index in [2.05, 4.69) is 50.4 Å². The summed E-state index contributed by atoms with van der Waals surface area (Å²) in [6.45, 7) is 7.35. The summed E-state index contributed by atoms with van der Waals surface area (Å²) in [7, 11) is -0.639. The van der Waals surface area contributed by atoms with Crippen LogP contribution in [0.2, 0.25) is 0 Å². The van der Waals surface area contributed by atoms with Crippen molar-refractivity contribution in [3.05, 3.63) is 35.4 Å². The number of nitrogens with one attached hydrogen (secondary N) is 1. The summed E-state index contributed by atoms with van der Waals surface area (Å²) in [4.78, 5) is 0. The number of rotatable bonds is 9. The van der Waals surface area contributed by atoms with Gasteiger partial charge in [0, 0.05) is 34.4 Å². The Morgan fingerprint density at radius 1 is 1.08 bits per heavy atom. The molecule has 0 radical (unpaired) electrons. The highest BCUT2D eigenvalue weighted by Gasteiger charge is 2.23. The maximum absolute atomic E-state index is 12.0. The van der Waals surface area contributed by atoms with Gasteiger partial charge in [-0.15, -0.1) is 0 Å². The van der Waals surface area contributed by atoms with Crippen LogP contribution >= 0.6 is 0 Å². The Bertz CT molecular complexity index is 489. The van der Waals surface area contributed by atoms with Gasteiger partial charge in [0.2, 0.25) is 0 Å². The fourth-order valence-corrected chi connectivity index (χ4v) is 4.61.